The molecule has 1 aliphatic carbocycles. The topological polar surface area (TPSA) is 15.3 Å². The van der Waals surface area contributed by atoms with Crippen LogP contribution in [-0.4, -0.2) is 36.1 Å². The zero-order chi connectivity index (χ0) is 9.31. The van der Waals surface area contributed by atoms with Gasteiger partial charge in [-0.05, 0) is 45.7 Å². The summed E-state index contributed by atoms with van der Waals surface area (Å²) in [5.74, 6) is 0. The van der Waals surface area contributed by atoms with E-state index in [1.54, 1.807) is 0 Å². The number of likely N-dealkylation sites (N-methyl/N-ethyl adjacent to an activating group) is 1. The minimum Gasteiger partial charge on any atom is -0.307 e. The third kappa shape index (κ3) is 2.05. The quantitative estimate of drug-likeness (QED) is 0.713. The summed E-state index contributed by atoms with van der Waals surface area (Å²) in [5.41, 5.74) is 0.494. The molecular formula is C11H22N2. The molecule has 2 rings (SSSR count). The van der Waals surface area contributed by atoms with Gasteiger partial charge in [0.25, 0.3) is 0 Å². The first-order chi connectivity index (χ1) is 6.22. The predicted octanol–water partition coefficient (Wildman–Crippen LogP) is 1.61. The van der Waals surface area contributed by atoms with Gasteiger partial charge in [0.15, 0.2) is 0 Å². The molecule has 2 heteroatoms. The molecule has 1 saturated heterocycles. The molecule has 2 aliphatic rings. The smallest absolute Gasteiger partial charge is 0.0212 e. The van der Waals surface area contributed by atoms with Crippen LogP contribution < -0.4 is 5.32 Å². The molecule has 2 fully saturated rings. The summed E-state index contributed by atoms with van der Waals surface area (Å²) in [5, 5.41) is 3.81. The van der Waals surface area contributed by atoms with Gasteiger partial charge >= 0.3 is 0 Å². The number of rotatable bonds is 3. The summed E-state index contributed by atoms with van der Waals surface area (Å²) >= 11 is 0. The van der Waals surface area contributed by atoms with Gasteiger partial charge in [0.1, 0.15) is 0 Å². The Morgan fingerprint density at radius 1 is 1.46 bits per heavy atom. The van der Waals surface area contributed by atoms with Crippen molar-refractivity contribution < 1.29 is 0 Å². The lowest BCUT2D eigenvalue weighted by Crippen LogP contribution is -2.53. The highest BCUT2D eigenvalue weighted by Crippen LogP contribution is 2.32. The Morgan fingerprint density at radius 2 is 2.23 bits per heavy atom. The maximum Gasteiger partial charge on any atom is 0.0212 e. The van der Waals surface area contributed by atoms with Gasteiger partial charge in [-0.3, -0.25) is 0 Å². The van der Waals surface area contributed by atoms with Gasteiger partial charge in [-0.15, -0.1) is 0 Å². The van der Waals surface area contributed by atoms with Crippen LogP contribution in [0.15, 0.2) is 0 Å². The first kappa shape index (κ1) is 9.47. The lowest BCUT2D eigenvalue weighted by Gasteiger charge is -2.41. The van der Waals surface area contributed by atoms with Crippen LogP contribution in [0.5, 0.6) is 0 Å². The second kappa shape index (κ2) is 3.58. The van der Waals surface area contributed by atoms with Crippen molar-refractivity contribution >= 4 is 0 Å². The normalized spacial score (nSPS) is 33.2. The Bertz CT molecular complexity index is 175. The van der Waals surface area contributed by atoms with E-state index in [0.717, 1.165) is 6.04 Å². The minimum atomic E-state index is 0.494. The monoisotopic (exact) mass is 182 g/mol. The van der Waals surface area contributed by atoms with Gasteiger partial charge in [0.05, 0.1) is 0 Å². The molecule has 1 heterocycles. The number of hydrogen-bond acceptors (Lipinski definition) is 2. The Balaban J connectivity index is 1.77. The van der Waals surface area contributed by atoms with E-state index >= 15 is 0 Å². The highest BCUT2D eigenvalue weighted by Gasteiger charge is 2.35. The molecule has 13 heavy (non-hydrogen) atoms. The highest BCUT2D eigenvalue weighted by atomic mass is 15.2. The summed E-state index contributed by atoms with van der Waals surface area (Å²) in [6.45, 7) is 8.42. The molecule has 0 spiro atoms. The van der Waals surface area contributed by atoms with Crippen molar-refractivity contribution in [3.8, 4) is 0 Å². The van der Waals surface area contributed by atoms with E-state index in [2.05, 4.69) is 24.1 Å². The third-order valence-electron chi connectivity index (χ3n) is 3.73. The van der Waals surface area contributed by atoms with Crippen molar-refractivity contribution in [3.63, 3.8) is 0 Å². The van der Waals surface area contributed by atoms with E-state index < -0.39 is 0 Å². The van der Waals surface area contributed by atoms with Crippen molar-refractivity contribution in [2.45, 2.75) is 51.1 Å². The summed E-state index contributed by atoms with van der Waals surface area (Å²) in [6, 6.07) is 0.769. The molecule has 0 amide bonds. The van der Waals surface area contributed by atoms with E-state index in [1.807, 2.05) is 0 Å². The van der Waals surface area contributed by atoms with Crippen LogP contribution in [0.25, 0.3) is 0 Å². The Kier molecular flexibility index (Phi) is 2.61. The molecule has 0 aromatic carbocycles. The molecule has 1 N–H and O–H groups in total. The van der Waals surface area contributed by atoms with Crippen LogP contribution in [0.1, 0.15) is 39.5 Å². The van der Waals surface area contributed by atoms with Crippen LogP contribution in [0.3, 0.4) is 0 Å². The SMILES string of the molecule is CCN1CCC(NC2(C)CCC2)C1. The first-order valence-corrected chi connectivity index (χ1v) is 5.72. The number of hydrogen-bond donors (Lipinski definition) is 1. The van der Waals surface area contributed by atoms with Crippen LogP contribution in [0.2, 0.25) is 0 Å². The fourth-order valence-corrected chi connectivity index (χ4v) is 2.58. The second-order valence-electron chi connectivity index (χ2n) is 4.94. The molecule has 76 valence electrons. The predicted molar refractivity (Wildman–Crippen MR) is 55.9 cm³/mol. The fraction of sp³-hybridized carbons (Fsp3) is 1.00. The second-order valence-corrected chi connectivity index (χ2v) is 4.94. The molecule has 1 saturated carbocycles. The maximum atomic E-state index is 3.81. The average molecular weight is 182 g/mol. The van der Waals surface area contributed by atoms with Crippen molar-refractivity contribution in [3.05, 3.63) is 0 Å². The lowest BCUT2D eigenvalue weighted by atomic mass is 9.78. The zero-order valence-corrected chi connectivity index (χ0v) is 8.97. The molecule has 0 bridgehead atoms. The van der Waals surface area contributed by atoms with E-state index in [1.165, 1.54) is 45.3 Å². The van der Waals surface area contributed by atoms with E-state index in [-0.39, 0.29) is 0 Å². The largest absolute Gasteiger partial charge is 0.307 e. The van der Waals surface area contributed by atoms with Crippen LogP contribution >= 0.6 is 0 Å². The van der Waals surface area contributed by atoms with Gasteiger partial charge in [0.2, 0.25) is 0 Å². The van der Waals surface area contributed by atoms with Crippen molar-refractivity contribution in [1.82, 2.24) is 10.2 Å². The summed E-state index contributed by atoms with van der Waals surface area (Å²) in [7, 11) is 0. The number of nitrogens with zero attached hydrogens (tertiary/aromatic N) is 1. The maximum absolute atomic E-state index is 3.81. The number of nitrogens with one attached hydrogen (secondary N) is 1. The summed E-state index contributed by atoms with van der Waals surface area (Å²) in [6.07, 6.45) is 5.54. The molecule has 0 aromatic rings. The van der Waals surface area contributed by atoms with E-state index in [4.69, 9.17) is 0 Å². The molecule has 0 aromatic heterocycles. The molecule has 1 aliphatic heterocycles. The average Bonchev–Trinajstić information content (AvgIpc) is 2.49. The summed E-state index contributed by atoms with van der Waals surface area (Å²) in [4.78, 5) is 2.54. The van der Waals surface area contributed by atoms with E-state index in [0.29, 0.717) is 5.54 Å². The molecule has 1 unspecified atom stereocenters. The van der Waals surface area contributed by atoms with Gasteiger partial charge in [-0.1, -0.05) is 6.92 Å². The standard InChI is InChI=1S/C11H22N2/c1-3-13-8-5-10(9-13)12-11(2)6-4-7-11/h10,12H,3-9H2,1-2H3. The molecular weight excluding hydrogens is 160 g/mol. The third-order valence-corrected chi connectivity index (χ3v) is 3.73. The summed E-state index contributed by atoms with van der Waals surface area (Å²) < 4.78 is 0. The fourth-order valence-electron chi connectivity index (χ4n) is 2.58. The lowest BCUT2D eigenvalue weighted by molar-refractivity contribution is 0.184. The van der Waals surface area contributed by atoms with Crippen LogP contribution in [0, 0.1) is 0 Å². The number of likely N-dealkylation sites (tertiary alicyclic amines) is 1. The van der Waals surface area contributed by atoms with Gasteiger partial charge in [0, 0.05) is 18.1 Å². The van der Waals surface area contributed by atoms with E-state index in [9.17, 15) is 0 Å². The van der Waals surface area contributed by atoms with Crippen molar-refractivity contribution in [2.75, 3.05) is 19.6 Å². The molecule has 1 atom stereocenters. The Hall–Kier alpha value is -0.0800. The molecule has 2 nitrogen and oxygen atoms in total. The highest BCUT2D eigenvalue weighted by molar-refractivity contribution is 4.96. The Labute approximate surface area is 81.7 Å². The molecule has 0 radical (unpaired) electrons. The van der Waals surface area contributed by atoms with Crippen molar-refractivity contribution in [2.24, 2.45) is 0 Å². The van der Waals surface area contributed by atoms with Crippen LogP contribution in [0.4, 0.5) is 0 Å². The zero-order valence-electron chi connectivity index (χ0n) is 8.97. The van der Waals surface area contributed by atoms with Gasteiger partial charge in [-0.25, -0.2) is 0 Å². The minimum absolute atomic E-state index is 0.494. The van der Waals surface area contributed by atoms with Gasteiger partial charge < -0.3 is 10.2 Å². The van der Waals surface area contributed by atoms with Gasteiger partial charge in [-0.2, -0.15) is 0 Å². The van der Waals surface area contributed by atoms with Crippen LogP contribution in [-0.2, 0) is 0 Å². The first-order valence-electron chi connectivity index (χ1n) is 5.72. The Morgan fingerprint density at radius 3 is 2.69 bits per heavy atom. The van der Waals surface area contributed by atoms with Crippen molar-refractivity contribution in [1.29, 1.82) is 0 Å².